The molecule has 0 aromatic carbocycles. The topological polar surface area (TPSA) is 105 Å². The fourth-order valence-electron chi connectivity index (χ4n) is 1.90. The van der Waals surface area contributed by atoms with E-state index in [4.69, 9.17) is 5.73 Å². The maximum Gasteiger partial charge on any atom is 0.263 e. The van der Waals surface area contributed by atoms with Crippen molar-refractivity contribution in [1.29, 1.82) is 0 Å². The molecule has 90 valence electrons. The number of anilines is 1. The van der Waals surface area contributed by atoms with Crippen LogP contribution in [-0.2, 0) is 6.54 Å². The second-order valence-corrected chi connectivity index (χ2v) is 3.93. The lowest BCUT2D eigenvalue weighted by Crippen LogP contribution is -2.29. The number of nitrogens with one attached hydrogen (secondary N) is 1. The highest BCUT2D eigenvalue weighted by Gasteiger charge is 2.35. The molecule has 2 amide bonds. The van der Waals surface area contributed by atoms with Gasteiger partial charge in [0, 0.05) is 18.0 Å². The number of carbonyl (C=O) groups is 2. The molecular formula is C11H9N5O2. The number of hydrogen-bond donors (Lipinski definition) is 2. The van der Waals surface area contributed by atoms with Gasteiger partial charge in [0.1, 0.15) is 5.82 Å². The minimum absolute atomic E-state index is 0.106. The number of nitrogens with two attached hydrogens (primary N) is 1. The zero-order valence-corrected chi connectivity index (χ0v) is 9.25. The molecule has 2 aromatic rings. The zero-order valence-electron chi connectivity index (χ0n) is 9.25. The van der Waals surface area contributed by atoms with Crippen molar-refractivity contribution in [3.05, 3.63) is 41.3 Å². The summed E-state index contributed by atoms with van der Waals surface area (Å²) in [6.07, 6.45) is 4.38. The minimum atomic E-state index is -0.358. The number of amides is 2. The van der Waals surface area contributed by atoms with Gasteiger partial charge in [0.05, 0.1) is 23.9 Å². The molecule has 18 heavy (non-hydrogen) atoms. The summed E-state index contributed by atoms with van der Waals surface area (Å²) in [5.74, 6) is -0.341. The molecule has 3 N–H and O–H groups in total. The van der Waals surface area contributed by atoms with E-state index in [-0.39, 0.29) is 18.4 Å². The number of pyridine rings is 1. The van der Waals surface area contributed by atoms with Gasteiger partial charge in [0.25, 0.3) is 11.8 Å². The lowest BCUT2D eigenvalue weighted by Gasteiger charge is -2.12. The van der Waals surface area contributed by atoms with Gasteiger partial charge in [-0.1, -0.05) is 0 Å². The van der Waals surface area contributed by atoms with Crippen LogP contribution in [0.25, 0.3) is 0 Å². The molecule has 0 fully saturated rings. The summed E-state index contributed by atoms with van der Waals surface area (Å²) in [7, 11) is 0. The van der Waals surface area contributed by atoms with Crippen LogP contribution in [-0.4, -0.2) is 31.9 Å². The van der Waals surface area contributed by atoms with Gasteiger partial charge in [-0.15, -0.1) is 0 Å². The molecule has 1 aliphatic rings. The molecule has 0 saturated heterocycles. The van der Waals surface area contributed by atoms with E-state index in [1.807, 2.05) is 0 Å². The highest BCUT2D eigenvalue weighted by Crippen LogP contribution is 2.24. The van der Waals surface area contributed by atoms with Crippen molar-refractivity contribution in [2.75, 3.05) is 5.73 Å². The van der Waals surface area contributed by atoms with Gasteiger partial charge >= 0.3 is 0 Å². The molecule has 0 aliphatic carbocycles. The molecule has 0 bridgehead atoms. The molecule has 1 aliphatic heterocycles. The van der Waals surface area contributed by atoms with Crippen LogP contribution in [0.4, 0.5) is 5.82 Å². The first-order chi connectivity index (χ1) is 8.68. The van der Waals surface area contributed by atoms with Gasteiger partial charge in [-0.2, -0.15) is 5.10 Å². The number of H-pyrrole nitrogens is 1. The fraction of sp³-hybridized carbons (Fsp3) is 0.0909. The molecule has 0 unspecified atom stereocenters. The average molecular weight is 243 g/mol. The Morgan fingerprint density at radius 2 is 2.00 bits per heavy atom. The van der Waals surface area contributed by atoms with Crippen molar-refractivity contribution in [3.8, 4) is 0 Å². The standard InChI is InChI=1S/C11H9N5O2/c12-9-6(3-14-15-9)5-16-10(17)7-1-2-13-4-8(7)11(16)18/h1-4H,5H2,(H3,12,14,15). The van der Waals surface area contributed by atoms with Gasteiger partial charge in [-0.25, -0.2) is 0 Å². The Balaban J connectivity index is 1.95. The summed E-state index contributed by atoms with van der Waals surface area (Å²) in [6.45, 7) is 0.106. The Hall–Kier alpha value is -2.70. The maximum absolute atomic E-state index is 12.1. The first-order valence-electron chi connectivity index (χ1n) is 5.26. The van der Waals surface area contributed by atoms with E-state index in [1.165, 1.54) is 24.7 Å². The number of rotatable bonds is 2. The van der Waals surface area contributed by atoms with Crippen LogP contribution in [0.2, 0.25) is 0 Å². The second-order valence-electron chi connectivity index (χ2n) is 3.93. The molecule has 3 heterocycles. The van der Waals surface area contributed by atoms with Crippen molar-refractivity contribution in [2.24, 2.45) is 0 Å². The predicted molar refractivity (Wildman–Crippen MR) is 61.4 cm³/mol. The smallest absolute Gasteiger partial charge is 0.263 e. The SMILES string of the molecule is Nc1[nH]ncc1CN1C(=O)c2ccncc2C1=O. The summed E-state index contributed by atoms with van der Waals surface area (Å²) < 4.78 is 0. The third-order valence-corrected chi connectivity index (χ3v) is 2.85. The highest BCUT2D eigenvalue weighted by atomic mass is 16.2. The molecule has 2 aromatic heterocycles. The summed E-state index contributed by atoms with van der Waals surface area (Å²) in [5, 5.41) is 6.31. The van der Waals surface area contributed by atoms with E-state index in [9.17, 15) is 9.59 Å². The predicted octanol–water partition coefficient (Wildman–Crippen LogP) is 0.183. The number of fused-ring (bicyclic) bond motifs is 1. The van der Waals surface area contributed by atoms with Crippen molar-refractivity contribution >= 4 is 17.6 Å². The Morgan fingerprint density at radius 3 is 2.67 bits per heavy atom. The van der Waals surface area contributed by atoms with Gasteiger partial charge < -0.3 is 5.73 Å². The Kier molecular flexibility index (Phi) is 2.12. The van der Waals surface area contributed by atoms with Crippen LogP contribution in [0.15, 0.2) is 24.7 Å². The van der Waals surface area contributed by atoms with Crippen molar-refractivity contribution in [3.63, 3.8) is 0 Å². The molecule has 7 nitrogen and oxygen atoms in total. The molecular weight excluding hydrogens is 234 g/mol. The number of aromatic amines is 1. The van der Waals surface area contributed by atoms with Crippen LogP contribution in [0, 0.1) is 0 Å². The summed E-state index contributed by atoms with van der Waals surface area (Å²) in [4.78, 5) is 29.1. The molecule has 0 spiro atoms. The average Bonchev–Trinajstić information content (AvgIpc) is 2.89. The molecule has 0 radical (unpaired) electrons. The lowest BCUT2D eigenvalue weighted by molar-refractivity contribution is 0.0642. The first-order valence-corrected chi connectivity index (χ1v) is 5.26. The van der Waals surface area contributed by atoms with E-state index in [2.05, 4.69) is 15.2 Å². The maximum atomic E-state index is 12.1. The Morgan fingerprint density at radius 1 is 1.22 bits per heavy atom. The van der Waals surface area contributed by atoms with Gasteiger partial charge in [0.2, 0.25) is 0 Å². The summed E-state index contributed by atoms with van der Waals surface area (Å²) in [6, 6.07) is 1.54. The van der Waals surface area contributed by atoms with E-state index < -0.39 is 0 Å². The lowest BCUT2D eigenvalue weighted by atomic mass is 10.2. The number of nitrogens with zero attached hydrogens (tertiary/aromatic N) is 3. The van der Waals surface area contributed by atoms with E-state index >= 15 is 0 Å². The Bertz CT molecular complexity index is 613. The zero-order chi connectivity index (χ0) is 12.7. The van der Waals surface area contributed by atoms with Crippen LogP contribution < -0.4 is 5.73 Å². The minimum Gasteiger partial charge on any atom is -0.384 e. The van der Waals surface area contributed by atoms with E-state index in [1.54, 1.807) is 0 Å². The second kappa shape index (κ2) is 3.66. The quantitative estimate of drug-likeness (QED) is 0.732. The van der Waals surface area contributed by atoms with Crippen molar-refractivity contribution < 1.29 is 9.59 Å². The third kappa shape index (κ3) is 1.37. The monoisotopic (exact) mass is 243 g/mol. The van der Waals surface area contributed by atoms with Crippen LogP contribution in [0.5, 0.6) is 0 Å². The van der Waals surface area contributed by atoms with Crippen molar-refractivity contribution in [1.82, 2.24) is 20.1 Å². The van der Waals surface area contributed by atoms with Gasteiger partial charge in [0.15, 0.2) is 0 Å². The van der Waals surface area contributed by atoms with Crippen LogP contribution in [0.1, 0.15) is 26.3 Å². The molecule has 0 atom stereocenters. The summed E-state index contributed by atoms with van der Waals surface area (Å²) in [5.41, 5.74) is 6.94. The number of carbonyl (C=O) groups excluding carboxylic acids is 2. The van der Waals surface area contributed by atoms with E-state index in [0.717, 1.165) is 4.90 Å². The number of nitrogen functional groups attached to an aromatic ring is 1. The highest BCUT2D eigenvalue weighted by molar-refractivity contribution is 6.21. The van der Waals surface area contributed by atoms with Crippen molar-refractivity contribution in [2.45, 2.75) is 6.54 Å². The van der Waals surface area contributed by atoms with Gasteiger partial charge in [-0.3, -0.25) is 24.6 Å². The fourth-order valence-corrected chi connectivity index (χ4v) is 1.90. The number of hydrogen-bond acceptors (Lipinski definition) is 5. The molecule has 3 rings (SSSR count). The molecule has 7 heteroatoms. The van der Waals surface area contributed by atoms with E-state index in [0.29, 0.717) is 22.5 Å². The Labute approximate surface area is 102 Å². The molecule has 0 saturated carbocycles. The first kappa shape index (κ1) is 10.5. The number of imide groups is 1. The largest absolute Gasteiger partial charge is 0.384 e. The third-order valence-electron chi connectivity index (χ3n) is 2.85. The normalized spacial score (nSPS) is 14.1. The van der Waals surface area contributed by atoms with Crippen LogP contribution in [0.3, 0.4) is 0 Å². The summed E-state index contributed by atoms with van der Waals surface area (Å²) >= 11 is 0. The van der Waals surface area contributed by atoms with Crippen LogP contribution >= 0.6 is 0 Å². The number of aromatic nitrogens is 3. The van der Waals surface area contributed by atoms with Gasteiger partial charge in [-0.05, 0) is 6.07 Å².